The molecule has 4 aromatic carbocycles. The average Bonchev–Trinajstić information content (AvgIpc) is 2.96. The molecule has 7 nitrogen and oxygen atoms in total. The number of nitrogens with zero attached hydrogens (tertiary/aromatic N) is 3. The van der Waals surface area contributed by atoms with Gasteiger partial charge in [-0.2, -0.15) is 0 Å². The summed E-state index contributed by atoms with van der Waals surface area (Å²) < 4.78 is 21.1. The quantitative estimate of drug-likeness (QED) is 0.211. The van der Waals surface area contributed by atoms with E-state index in [-0.39, 0.29) is 5.82 Å². The van der Waals surface area contributed by atoms with Crippen LogP contribution in [0.4, 0.5) is 15.8 Å². The molecule has 2 N–H and O–H groups in total. The van der Waals surface area contributed by atoms with Crippen LogP contribution >= 0.6 is 0 Å². The fraction of sp³-hybridized carbons (Fsp3) is 0.206. The summed E-state index contributed by atoms with van der Waals surface area (Å²) in [5.74, 6) is -1.13. The lowest BCUT2D eigenvalue weighted by Gasteiger charge is -2.36. The van der Waals surface area contributed by atoms with Gasteiger partial charge in [-0.05, 0) is 71.5 Å². The van der Waals surface area contributed by atoms with Crippen LogP contribution in [-0.4, -0.2) is 46.1 Å². The molecule has 0 atom stereocenters. The molecular weight excluding hydrogens is 531 g/mol. The first-order valence-corrected chi connectivity index (χ1v) is 13.8. The molecule has 6 rings (SSSR count). The SMILES string of the molecule is COc1cc(-c2cccc(-c3cccc(Nc4cccc5cncnc45)c3C)c2C)cc(F)c1CN1CC(C(=O)O)C1. The van der Waals surface area contributed by atoms with E-state index in [0.29, 0.717) is 30.9 Å². The highest BCUT2D eigenvalue weighted by atomic mass is 19.1. The van der Waals surface area contributed by atoms with Gasteiger partial charge in [-0.3, -0.25) is 9.69 Å². The molecule has 5 aromatic rings. The van der Waals surface area contributed by atoms with Crippen molar-refractivity contribution in [2.24, 2.45) is 5.92 Å². The van der Waals surface area contributed by atoms with Gasteiger partial charge in [0.05, 0.1) is 24.2 Å². The van der Waals surface area contributed by atoms with Crippen molar-refractivity contribution in [3.05, 3.63) is 102 Å². The number of benzene rings is 4. The molecular formula is C34H31FN4O3. The van der Waals surface area contributed by atoms with Crippen LogP contribution in [0.5, 0.6) is 5.75 Å². The highest BCUT2D eigenvalue weighted by molar-refractivity contribution is 5.92. The summed E-state index contributed by atoms with van der Waals surface area (Å²) in [6.07, 6.45) is 3.35. The molecule has 0 unspecified atom stereocenters. The fourth-order valence-corrected chi connectivity index (χ4v) is 5.74. The lowest BCUT2D eigenvalue weighted by Crippen LogP contribution is -2.49. The number of likely N-dealkylation sites (tertiary alicyclic amines) is 1. The van der Waals surface area contributed by atoms with Crippen LogP contribution in [0.15, 0.2) is 79.3 Å². The first-order chi connectivity index (χ1) is 20.3. The summed E-state index contributed by atoms with van der Waals surface area (Å²) in [5.41, 5.74) is 9.03. The molecule has 0 radical (unpaired) electrons. The third-order valence-electron chi connectivity index (χ3n) is 8.14. The van der Waals surface area contributed by atoms with Gasteiger partial charge in [-0.25, -0.2) is 14.4 Å². The number of ether oxygens (including phenoxy) is 1. The van der Waals surface area contributed by atoms with Crippen molar-refractivity contribution in [2.75, 3.05) is 25.5 Å². The molecule has 0 saturated carbocycles. The van der Waals surface area contributed by atoms with Gasteiger partial charge in [-0.1, -0.05) is 42.5 Å². The Labute approximate surface area is 243 Å². The predicted octanol–water partition coefficient (Wildman–Crippen LogP) is 6.99. The summed E-state index contributed by atoms with van der Waals surface area (Å²) in [6, 6.07) is 21.6. The lowest BCUT2D eigenvalue weighted by atomic mass is 9.90. The smallest absolute Gasteiger partial charge is 0.309 e. The number of anilines is 2. The van der Waals surface area contributed by atoms with Crippen molar-refractivity contribution < 1.29 is 19.0 Å². The number of methoxy groups -OCH3 is 1. The molecule has 0 bridgehead atoms. The largest absolute Gasteiger partial charge is 0.496 e. The number of aliphatic carboxylic acids is 1. The Bertz CT molecular complexity index is 1810. The number of fused-ring (bicyclic) bond motifs is 1. The van der Waals surface area contributed by atoms with E-state index < -0.39 is 11.9 Å². The van der Waals surface area contributed by atoms with E-state index in [1.54, 1.807) is 18.6 Å². The number of aromatic nitrogens is 2. The van der Waals surface area contributed by atoms with E-state index in [0.717, 1.165) is 55.7 Å². The van der Waals surface area contributed by atoms with Crippen molar-refractivity contribution in [3.8, 4) is 28.0 Å². The second-order valence-corrected chi connectivity index (χ2v) is 10.7. The molecule has 1 saturated heterocycles. The van der Waals surface area contributed by atoms with Crippen LogP contribution in [0.2, 0.25) is 0 Å². The number of para-hydroxylation sites is 1. The molecule has 2 heterocycles. The highest BCUT2D eigenvalue weighted by Crippen LogP contribution is 2.39. The van der Waals surface area contributed by atoms with Gasteiger partial charge in [0.25, 0.3) is 0 Å². The number of carboxylic acid groups (broad SMARTS) is 1. The van der Waals surface area contributed by atoms with Crippen molar-refractivity contribution in [3.63, 3.8) is 0 Å². The molecule has 212 valence electrons. The molecule has 8 heteroatoms. The maximum Gasteiger partial charge on any atom is 0.309 e. The maximum absolute atomic E-state index is 15.5. The minimum absolute atomic E-state index is 0.305. The summed E-state index contributed by atoms with van der Waals surface area (Å²) >= 11 is 0. The Balaban J connectivity index is 1.32. The van der Waals surface area contributed by atoms with E-state index in [4.69, 9.17) is 9.84 Å². The zero-order chi connectivity index (χ0) is 29.4. The highest BCUT2D eigenvalue weighted by Gasteiger charge is 2.33. The third kappa shape index (κ3) is 5.05. The standard InChI is InChI=1S/C34H31FN4O3/c1-20-25(23-13-29(35)28(32(14-23)42-3)18-39-16-24(17-39)34(40)41)8-5-9-26(20)27-10-6-11-30(21(27)2)38-31-12-4-7-22-15-36-19-37-33(22)31/h4-15,19,24,38H,16-18H2,1-3H3,(H,40,41). The van der Waals surface area contributed by atoms with Crippen LogP contribution in [0.25, 0.3) is 33.2 Å². The number of carboxylic acids is 1. The number of halogens is 1. The second-order valence-electron chi connectivity index (χ2n) is 10.7. The van der Waals surface area contributed by atoms with Crippen LogP contribution in [0.3, 0.4) is 0 Å². The summed E-state index contributed by atoms with van der Waals surface area (Å²) in [4.78, 5) is 21.7. The van der Waals surface area contributed by atoms with Gasteiger partial charge < -0.3 is 15.2 Å². The van der Waals surface area contributed by atoms with E-state index in [1.165, 1.54) is 7.11 Å². The number of hydrogen-bond donors (Lipinski definition) is 2. The zero-order valence-corrected chi connectivity index (χ0v) is 23.7. The number of hydrogen-bond acceptors (Lipinski definition) is 6. The minimum Gasteiger partial charge on any atom is -0.496 e. The Hall–Kier alpha value is -4.82. The van der Waals surface area contributed by atoms with Crippen molar-refractivity contribution >= 4 is 28.2 Å². The first kappa shape index (κ1) is 27.4. The van der Waals surface area contributed by atoms with E-state index in [9.17, 15) is 4.79 Å². The molecule has 1 fully saturated rings. The number of carbonyl (C=O) groups is 1. The first-order valence-electron chi connectivity index (χ1n) is 13.8. The van der Waals surface area contributed by atoms with Gasteiger partial charge in [0.1, 0.15) is 17.9 Å². The summed E-state index contributed by atoms with van der Waals surface area (Å²) in [6.45, 7) is 5.26. The van der Waals surface area contributed by atoms with Crippen molar-refractivity contribution in [2.45, 2.75) is 20.4 Å². The van der Waals surface area contributed by atoms with Crippen LogP contribution in [0.1, 0.15) is 16.7 Å². The predicted molar refractivity (Wildman–Crippen MR) is 163 cm³/mol. The van der Waals surface area contributed by atoms with Crippen LogP contribution < -0.4 is 10.1 Å². The normalized spacial score (nSPS) is 13.6. The Kier molecular flexibility index (Phi) is 7.31. The average molecular weight is 563 g/mol. The Morgan fingerprint density at radius 1 is 1.00 bits per heavy atom. The van der Waals surface area contributed by atoms with Gasteiger partial charge in [0, 0.05) is 42.5 Å². The van der Waals surface area contributed by atoms with E-state index in [1.807, 2.05) is 53.4 Å². The minimum atomic E-state index is -0.816. The molecule has 1 aliphatic rings. The third-order valence-corrected chi connectivity index (χ3v) is 8.14. The Morgan fingerprint density at radius 3 is 2.45 bits per heavy atom. The molecule has 0 aliphatic carbocycles. The summed E-state index contributed by atoms with van der Waals surface area (Å²) in [7, 11) is 1.53. The number of rotatable bonds is 8. The molecule has 1 aliphatic heterocycles. The van der Waals surface area contributed by atoms with Gasteiger partial charge in [0.2, 0.25) is 0 Å². The molecule has 42 heavy (non-hydrogen) atoms. The monoisotopic (exact) mass is 562 g/mol. The van der Waals surface area contributed by atoms with E-state index in [2.05, 4.69) is 41.3 Å². The number of nitrogens with one attached hydrogen (secondary N) is 1. The maximum atomic E-state index is 15.5. The second kappa shape index (κ2) is 11.2. The summed E-state index contributed by atoms with van der Waals surface area (Å²) in [5, 5.41) is 13.7. The van der Waals surface area contributed by atoms with Crippen molar-refractivity contribution in [1.29, 1.82) is 0 Å². The van der Waals surface area contributed by atoms with Gasteiger partial charge in [-0.15, -0.1) is 0 Å². The topological polar surface area (TPSA) is 87.6 Å². The molecule has 0 spiro atoms. The fourth-order valence-electron chi connectivity index (χ4n) is 5.74. The molecule has 0 amide bonds. The lowest BCUT2D eigenvalue weighted by molar-refractivity contribution is -0.147. The van der Waals surface area contributed by atoms with Crippen molar-refractivity contribution in [1.82, 2.24) is 14.9 Å². The van der Waals surface area contributed by atoms with Crippen LogP contribution in [0, 0.1) is 25.6 Å². The molecule has 1 aromatic heterocycles. The Morgan fingerprint density at radius 2 is 1.69 bits per heavy atom. The van der Waals surface area contributed by atoms with Gasteiger partial charge >= 0.3 is 5.97 Å². The van der Waals surface area contributed by atoms with Gasteiger partial charge in [0.15, 0.2) is 0 Å². The van der Waals surface area contributed by atoms with E-state index >= 15 is 4.39 Å². The van der Waals surface area contributed by atoms with Crippen LogP contribution in [-0.2, 0) is 11.3 Å². The zero-order valence-electron chi connectivity index (χ0n) is 23.7.